The second kappa shape index (κ2) is 7.05. The van der Waals surface area contributed by atoms with Gasteiger partial charge in [0.15, 0.2) is 0 Å². The number of aliphatic hydroxyl groups excluding tert-OH is 2. The number of halogens is 1. The molecule has 0 saturated carbocycles. The molecule has 18 heavy (non-hydrogen) atoms. The van der Waals surface area contributed by atoms with Crippen molar-refractivity contribution in [3.05, 3.63) is 35.1 Å². The fourth-order valence-electron chi connectivity index (χ4n) is 1.62. The van der Waals surface area contributed by atoms with E-state index in [4.69, 9.17) is 15.9 Å². The molecule has 6 heteroatoms. The van der Waals surface area contributed by atoms with Crippen LogP contribution in [0.15, 0.2) is 18.2 Å². The molecule has 0 fully saturated rings. The molecule has 0 heterocycles. The van der Waals surface area contributed by atoms with Crippen LogP contribution in [0.5, 0.6) is 0 Å². The van der Waals surface area contributed by atoms with Crippen LogP contribution in [0.3, 0.4) is 0 Å². The van der Waals surface area contributed by atoms with Gasteiger partial charge in [-0.15, -0.1) is 0 Å². The molecule has 0 spiro atoms. The standard InChI is InChI=1S/C12H17FN2O3/c13-11-7-9(12(14)18)1-2-10(11)8-15(3-5-16)4-6-17/h1-2,7,16-17H,3-6,8H2,(H2,14,18). The molecule has 0 aromatic heterocycles. The Morgan fingerprint density at radius 1 is 1.28 bits per heavy atom. The summed E-state index contributed by atoms with van der Waals surface area (Å²) in [5.41, 5.74) is 5.56. The molecule has 1 amide bonds. The van der Waals surface area contributed by atoms with Gasteiger partial charge in [-0.2, -0.15) is 0 Å². The first-order valence-corrected chi connectivity index (χ1v) is 5.60. The third kappa shape index (κ3) is 4.06. The number of carbonyl (C=O) groups excluding carboxylic acids is 1. The van der Waals surface area contributed by atoms with Crippen LogP contribution in [-0.4, -0.2) is 47.3 Å². The Morgan fingerprint density at radius 3 is 2.33 bits per heavy atom. The van der Waals surface area contributed by atoms with Gasteiger partial charge in [0.25, 0.3) is 0 Å². The SMILES string of the molecule is NC(=O)c1ccc(CN(CCO)CCO)c(F)c1. The number of aliphatic hydroxyl groups is 2. The molecule has 0 aliphatic rings. The first kappa shape index (κ1) is 14.6. The molecule has 5 nitrogen and oxygen atoms in total. The Labute approximate surface area is 105 Å². The Balaban J connectivity index is 2.79. The Morgan fingerprint density at radius 2 is 1.89 bits per heavy atom. The average molecular weight is 256 g/mol. The summed E-state index contributed by atoms with van der Waals surface area (Å²) in [7, 11) is 0. The summed E-state index contributed by atoms with van der Waals surface area (Å²) >= 11 is 0. The van der Waals surface area contributed by atoms with Crippen LogP contribution in [0.1, 0.15) is 15.9 Å². The zero-order chi connectivity index (χ0) is 13.5. The largest absolute Gasteiger partial charge is 0.395 e. The minimum absolute atomic E-state index is 0.0685. The molecule has 1 aromatic rings. The molecule has 0 bridgehead atoms. The lowest BCUT2D eigenvalue weighted by Crippen LogP contribution is -2.29. The number of nitrogens with zero attached hydrogens (tertiary/aromatic N) is 1. The quantitative estimate of drug-likeness (QED) is 0.625. The van der Waals surface area contributed by atoms with Gasteiger partial charge < -0.3 is 15.9 Å². The molecule has 1 rings (SSSR count). The minimum Gasteiger partial charge on any atom is -0.395 e. The predicted octanol–water partition coefficient (Wildman–Crippen LogP) is -0.289. The molecule has 0 aliphatic heterocycles. The lowest BCUT2D eigenvalue weighted by molar-refractivity contribution is 0.1000. The fraction of sp³-hybridized carbons (Fsp3) is 0.417. The highest BCUT2D eigenvalue weighted by atomic mass is 19.1. The van der Waals surface area contributed by atoms with Crippen molar-refractivity contribution < 1.29 is 19.4 Å². The van der Waals surface area contributed by atoms with Crippen LogP contribution in [0.2, 0.25) is 0 Å². The molecule has 100 valence electrons. The normalized spacial score (nSPS) is 10.9. The smallest absolute Gasteiger partial charge is 0.248 e. The van der Waals surface area contributed by atoms with E-state index in [9.17, 15) is 9.18 Å². The third-order valence-electron chi connectivity index (χ3n) is 2.56. The topological polar surface area (TPSA) is 86.8 Å². The molecule has 4 N–H and O–H groups in total. The van der Waals surface area contributed by atoms with Crippen molar-refractivity contribution in [1.29, 1.82) is 0 Å². The van der Waals surface area contributed by atoms with Crippen LogP contribution < -0.4 is 5.73 Å². The van der Waals surface area contributed by atoms with E-state index >= 15 is 0 Å². The maximum absolute atomic E-state index is 13.7. The fourth-order valence-corrected chi connectivity index (χ4v) is 1.62. The minimum atomic E-state index is -0.678. The van der Waals surface area contributed by atoms with Crippen LogP contribution in [0.4, 0.5) is 4.39 Å². The highest BCUT2D eigenvalue weighted by Crippen LogP contribution is 2.12. The predicted molar refractivity (Wildman–Crippen MR) is 64.4 cm³/mol. The van der Waals surface area contributed by atoms with Gasteiger partial charge in [0.2, 0.25) is 5.91 Å². The Hall–Kier alpha value is -1.50. The highest BCUT2D eigenvalue weighted by Gasteiger charge is 2.11. The van der Waals surface area contributed by atoms with Crippen molar-refractivity contribution in [3.8, 4) is 0 Å². The summed E-state index contributed by atoms with van der Waals surface area (Å²) < 4.78 is 13.7. The first-order valence-electron chi connectivity index (χ1n) is 5.60. The van der Waals surface area contributed by atoms with Crippen molar-refractivity contribution in [2.24, 2.45) is 5.73 Å². The van der Waals surface area contributed by atoms with Gasteiger partial charge in [0, 0.05) is 30.8 Å². The molecule has 1 aromatic carbocycles. The number of carbonyl (C=O) groups is 1. The van der Waals surface area contributed by atoms with Gasteiger partial charge in [-0.25, -0.2) is 4.39 Å². The molecule has 0 aliphatic carbocycles. The van der Waals surface area contributed by atoms with Crippen LogP contribution >= 0.6 is 0 Å². The van der Waals surface area contributed by atoms with Gasteiger partial charge >= 0.3 is 0 Å². The van der Waals surface area contributed by atoms with Crippen LogP contribution in [0, 0.1) is 5.82 Å². The Kier molecular flexibility index (Phi) is 5.70. The summed E-state index contributed by atoms with van der Waals surface area (Å²) in [6.07, 6.45) is 0. The number of hydrogen-bond donors (Lipinski definition) is 3. The zero-order valence-electron chi connectivity index (χ0n) is 9.97. The number of hydrogen-bond acceptors (Lipinski definition) is 4. The van der Waals surface area contributed by atoms with E-state index < -0.39 is 11.7 Å². The second-order valence-electron chi connectivity index (χ2n) is 3.89. The molecular formula is C12H17FN2O3. The highest BCUT2D eigenvalue weighted by molar-refractivity contribution is 5.92. The average Bonchev–Trinajstić information content (AvgIpc) is 2.32. The summed E-state index contributed by atoms with van der Waals surface area (Å²) in [5.74, 6) is -1.20. The number of nitrogens with two attached hydrogens (primary N) is 1. The van der Waals surface area contributed by atoms with E-state index in [0.29, 0.717) is 18.7 Å². The maximum atomic E-state index is 13.7. The molecule has 0 radical (unpaired) electrons. The van der Waals surface area contributed by atoms with Crippen molar-refractivity contribution in [1.82, 2.24) is 4.90 Å². The van der Waals surface area contributed by atoms with Gasteiger partial charge in [0.1, 0.15) is 5.82 Å². The lowest BCUT2D eigenvalue weighted by atomic mass is 10.1. The first-order chi connectivity index (χ1) is 8.58. The van der Waals surface area contributed by atoms with E-state index in [1.54, 1.807) is 4.90 Å². The van der Waals surface area contributed by atoms with Crippen molar-refractivity contribution in [3.63, 3.8) is 0 Å². The van der Waals surface area contributed by atoms with Crippen molar-refractivity contribution in [2.45, 2.75) is 6.54 Å². The second-order valence-corrected chi connectivity index (χ2v) is 3.89. The number of amides is 1. The molecule has 0 unspecified atom stereocenters. The van der Waals surface area contributed by atoms with E-state index in [-0.39, 0.29) is 25.3 Å². The van der Waals surface area contributed by atoms with E-state index in [2.05, 4.69) is 0 Å². The summed E-state index contributed by atoms with van der Waals surface area (Å²) in [6.45, 7) is 0.809. The molecule has 0 saturated heterocycles. The van der Waals surface area contributed by atoms with E-state index in [0.717, 1.165) is 6.07 Å². The van der Waals surface area contributed by atoms with Gasteiger partial charge in [-0.1, -0.05) is 6.07 Å². The van der Waals surface area contributed by atoms with Gasteiger partial charge in [-0.3, -0.25) is 9.69 Å². The van der Waals surface area contributed by atoms with Crippen molar-refractivity contribution >= 4 is 5.91 Å². The van der Waals surface area contributed by atoms with Gasteiger partial charge in [-0.05, 0) is 12.1 Å². The summed E-state index contributed by atoms with van der Waals surface area (Å²) in [5, 5.41) is 17.7. The lowest BCUT2D eigenvalue weighted by Gasteiger charge is -2.20. The van der Waals surface area contributed by atoms with E-state index in [1.165, 1.54) is 12.1 Å². The van der Waals surface area contributed by atoms with Crippen LogP contribution in [-0.2, 0) is 6.54 Å². The maximum Gasteiger partial charge on any atom is 0.248 e. The number of rotatable bonds is 7. The zero-order valence-corrected chi connectivity index (χ0v) is 9.97. The third-order valence-corrected chi connectivity index (χ3v) is 2.56. The number of primary amides is 1. The number of benzene rings is 1. The van der Waals surface area contributed by atoms with Crippen LogP contribution in [0.25, 0.3) is 0 Å². The summed E-state index contributed by atoms with van der Waals surface area (Å²) in [4.78, 5) is 12.6. The van der Waals surface area contributed by atoms with E-state index in [1.807, 2.05) is 0 Å². The van der Waals surface area contributed by atoms with Gasteiger partial charge in [0.05, 0.1) is 13.2 Å². The Bertz CT molecular complexity index is 406. The van der Waals surface area contributed by atoms with Crippen molar-refractivity contribution in [2.75, 3.05) is 26.3 Å². The molecule has 0 atom stereocenters. The summed E-state index contributed by atoms with van der Waals surface area (Å²) in [6, 6.07) is 4.03. The monoisotopic (exact) mass is 256 g/mol. The molecular weight excluding hydrogens is 239 g/mol.